The van der Waals surface area contributed by atoms with E-state index in [1.54, 1.807) is 6.07 Å². The quantitative estimate of drug-likeness (QED) is 0.309. The van der Waals surface area contributed by atoms with E-state index >= 15 is 0 Å². The predicted molar refractivity (Wildman–Crippen MR) is 113 cm³/mol. The fourth-order valence-electron chi connectivity index (χ4n) is 2.37. The van der Waals surface area contributed by atoms with Gasteiger partial charge in [0.15, 0.2) is 4.34 Å². The topological polar surface area (TPSA) is 119 Å². The van der Waals surface area contributed by atoms with Crippen molar-refractivity contribution in [2.45, 2.75) is 11.3 Å². The summed E-state index contributed by atoms with van der Waals surface area (Å²) in [5.41, 5.74) is 1.91. The number of hydrogen-bond donors (Lipinski definition) is 2. The summed E-state index contributed by atoms with van der Waals surface area (Å²) in [7, 11) is 1.41. The lowest BCUT2D eigenvalue weighted by Gasteiger charge is -2.07. The zero-order valence-electron chi connectivity index (χ0n) is 15.5. The molecule has 0 unspecified atom stereocenters. The van der Waals surface area contributed by atoms with Crippen molar-refractivity contribution in [3.63, 3.8) is 0 Å². The second-order valence-electron chi connectivity index (χ2n) is 5.84. The highest BCUT2D eigenvalue weighted by molar-refractivity contribution is 8.01. The van der Waals surface area contributed by atoms with E-state index in [-0.39, 0.29) is 23.0 Å². The Labute approximate surface area is 174 Å². The number of anilines is 3. The third-order valence-corrected chi connectivity index (χ3v) is 5.65. The minimum Gasteiger partial charge on any atom is -0.496 e. The summed E-state index contributed by atoms with van der Waals surface area (Å²) in [4.78, 5) is 22.8. The number of nitro benzene ring substituents is 1. The number of rotatable bonds is 8. The molecule has 150 valence electrons. The Balaban J connectivity index is 1.58. The van der Waals surface area contributed by atoms with Gasteiger partial charge in [0.2, 0.25) is 11.0 Å². The first kappa shape index (κ1) is 20.6. The zero-order valence-corrected chi connectivity index (χ0v) is 17.2. The number of carbonyl (C=O) groups excluding carboxylic acids is 1. The first-order valence-electron chi connectivity index (χ1n) is 8.37. The summed E-state index contributed by atoms with van der Waals surface area (Å²) < 4.78 is 5.59. The normalized spacial score (nSPS) is 10.4. The van der Waals surface area contributed by atoms with E-state index < -0.39 is 4.92 Å². The van der Waals surface area contributed by atoms with Gasteiger partial charge in [0.1, 0.15) is 11.4 Å². The first-order chi connectivity index (χ1) is 13.9. The highest BCUT2D eigenvalue weighted by Gasteiger charge is 2.18. The average molecular weight is 431 g/mol. The Morgan fingerprint density at radius 3 is 2.83 bits per heavy atom. The van der Waals surface area contributed by atoms with Gasteiger partial charge in [-0.15, -0.1) is 10.2 Å². The van der Waals surface area contributed by atoms with Crippen LogP contribution in [0.25, 0.3) is 0 Å². The Kier molecular flexibility index (Phi) is 6.62. The van der Waals surface area contributed by atoms with Crippen LogP contribution in [0.5, 0.6) is 5.75 Å². The third-order valence-electron chi connectivity index (χ3n) is 3.68. The fraction of sp³-hybridized carbons (Fsp3) is 0.167. The molecule has 11 heteroatoms. The monoisotopic (exact) mass is 431 g/mol. The number of amides is 1. The lowest BCUT2D eigenvalue weighted by molar-refractivity contribution is -0.384. The SMILES string of the molecule is COc1ccc(NC(=O)CSc2nnc(Nc3cccc(C)c3)s2)c([N+](=O)[O-])c1. The summed E-state index contributed by atoms with van der Waals surface area (Å²) in [6.07, 6.45) is 0. The van der Waals surface area contributed by atoms with Crippen molar-refractivity contribution in [2.24, 2.45) is 0 Å². The Hall–Kier alpha value is -3.18. The largest absolute Gasteiger partial charge is 0.496 e. The molecule has 0 radical (unpaired) electrons. The lowest BCUT2D eigenvalue weighted by Crippen LogP contribution is -2.15. The van der Waals surface area contributed by atoms with E-state index in [9.17, 15) is 14.9 Å². The molecule has 0 fully saturated rings. The number of ether oxygens (including phenoxy) is 1. The second kappa shape index (κ2) is 9.34. The third kappa shape index (κ3) is 5.65. The standard InChI is InChI=1S/C18H17N5O4S2/c1-11-4-3-5-12(8-11)19-17-21-22-18(29-17)28-10-16(24)20-14-7-6-13(27-2)9-15(14)23(25)26/h3-9H,10H2,1-2H3,(H,19,21)(H,20,24). The number of aromatic nitrogens is 2. The lowest BCUT2D eigenvalue weighted by atomic mass is 10.2. The van der Waals surface area contributed by atoms with Crippen LogP contribution < -0.4 is 15.4 Å². The maximum Gasteiger partial charge on any atom is 0.296 e. The minimum absolute atomic E-state index is 0.0439. The number of hydrogen-bond acceptors (Lipinski definition) is 9. The summed E-state index contributed by atoms with van der Waals surface area (Å²) in [6, 6.07) is 12.1. The van der Waals surface area contributed by atoms with Crippen molar-refractivity contribution in [3.05, 3.63) is 58.1 Å². The van der Waals surface area contributed by atoms with E-state index in [4.69, 9.17) is 4.74 Å². The van der Waals surface area contributed by atoms with Crippen LogP contribution in [0.15, 0.2) is 46.8 Å². The molecule has 1 heterocycles. The summed E-state index contributed by atoms with van der Waals surface area (Å²) in [5.74, 6) is 0.000608. The molecule has 0 aliphatic carbocycles. The number of aryl methyl sites for hydroxylation is 1. The van der Waals surface area contributed by atoms with Crippen molar-refractivity contribution in [2.75, 3.05) is 23.5 Å². The number of nitrogens with zero attached hydrogens (tertiary/aromatic N) is 3. The van der Waals surface area contributed by atoms with Crippen LogP contribution in [0.2, 0.25) is 0 Å². The number of nitrogens with one attached hydrogen (secondary N) is 2. The number of thioether (sulfide) groups is 1. The number of benzene rings is 2. The molecule has 0 atom stereocenters. The van der Waals surface area contributed by atoms with E-state index in [2.05, 4.69) is 20.8 Å². The molecule has 29 heavy (non-hydrogen) atoms. The van der Waals surface area contributed by atoms with Crippen LogP contribution in [0.1, 0.15) is 5.56 Å². The first-order valence-corrected chi connectivity index (χ1v) is 10.2. The summed E-state index contributed by atoms with van der Waals surface area (Å²) in [6.45, 7) is 2.00. The van der Waals surface area contributed by atoms with Crippen LogP contribution in [0.3, 0.4) is 0 Å². The molecule has 0 saturated heterocycles. The molecule has 2 N–H and O–H groups in total. The van der Waals surface area contributed by atoms with Gasteiger partial charge in [0, 0.05) is 5.69 Å². The van der Waals surface area contributed by atoms with Crippen molar-refractivity contribution in [3.8, 4) is 5.75 Å². The molecule has 0 saturated carbocycles. The highest BCUT2D eigenvalue weighted by atomic mass is 32.2. The second-order valence-corrected chi connectivity index (χ2v) is 8.04. The minimum atomic E-state index is -0.570. The van der Waals surface area contributed by atoms with Gasteiger partial charge in [0.05, 0.1) is 23.9 Å². The van der Waals surface area contributed by atoms with Crippen LogP contribution >= 0.6 is 23.1 Å². The molecule has 3 rings (SSSR count). The molecule has 9 nitrogen and oxygen atoms in total. The van der Waals surface area contributed by atoms with Gasteiger partial charge in [-0.2, -0.15) is 0 Å². The van der Waals surface area contributed by atoms with Gasteiger partial charge in [-0.3, -0.25) is 14.9 Å². The zero-order chi connectivity index (χ0) is 20.8. The van der Waals surface area contributed by atoms with Gasteiger partial charge >= 0.3 is 0 Å². The molecule has 2 aromatic carbocycles. The Bertz CT molecular complexity index is 1040. The van der Waals surface area contributed by atoms with E-state index in [0.29, 0.717) is 15.2 Å². The fourth-order valence-corrected chi connectivity index (χ4v) is 3.95. The van der Waals surface area contributed by atoms with Crippen molar-refractivity contribution in [1.29, 1.82) is 0 Å². The Morgan fingerprint density at radius 2 is 2.10 bits per heavy atom. The predicted octanol–water partition coefficient (Wildman–Crippen LogP) is 4.24. The highest BCUT2D eigenvalue weighted by Crippen LogP contribution is 2.30. The van der Waals surface area contributed by atoms with Gasteiger partial charge in [-0.05, 0) is 36.8 Å². The summed E-state index contributed by atoms with van der Waals surface area (Å²) >= 11 is 2.52. The van der Waals surface area contributed by atoms with E-state index in [1.807, 2.05) is 31.2 Å². The Morgan fingerprint density at radius 1 is 1.28 bits per heavy atom. The van der Waals surface area contributed by atoms with Gasteiger partial charge in [0.25, 0.3) is 5.69 Å². The maximum absolute atomic E-state index is 12.2. The smallest absolute Gasteiger partial charge is 0.296 e. The summed E-state index contributed by atoms with van der Waals surface area (Å²) in [5, 5.41) is 25.6. The van der Waals surface area contributed by atoms with Crippen LogP contribution in [-0.2, 0) is 4.79 Å². The molecule has 3 aromatic rings. The molecular weight excluding hydrogens is 414 g/mol. The number of methoxy groups -OCH3 is 1. The van der Waals surface area contributed by atoms with Crippen molar-refractivity contribution < 1.29 is 14.5 Å². The molecule has 0 spiro atoms. The molecule has 1 amide bonds. The average Bonchev–Trinajstić information content (AvgIpc) is 3.14. The van der Waals surface area contributed by atoms with Crippen molar-refractivity contribution >= 4 is 51.2 Å². The van der Waals surface area contributed by atoms with Gasteiger partial charge < -0.3 is 15.4 Å². The van der Waals surface area contributed by atoms with Crippen molar-refractivity contribution in [1.82, 2.24) is 10.2 Å². The van der Waals surface area contributed by atoms with E-state index in [0.717, 1.165) is 11.3 Å². The maximum atomic E-state index is 12.2. The number of nitro groups is 1. The molecule has 0 aliphatic rings. The van der Waals surface area contributed by atoms with Crippen LogP contribution in [0.4, 0.5) is 22.2 Å². The van der Waals surface area contributed by atoms with Crippen LogP contribution in [-0.4, -0.2) is 33.9 Å². The van der Waals surface area contributed by atoms with Gasteiger partial charge in [-0.1, -0.05) is 35.2 Å². The molecule has 0 aliphatic heterocycles. The van der Waals surface area contributed by atoms with Crippen LogP contribution in [0, 0.1) is 17.0 Å². The van der Waals surface area contributed by atoms with Gasteiger partial charge in [-0.25, -0.2) is 0 Å². The molecule has 0 bridgehead atoms. The van der Waals surface area contributed by atoms with E-state index in [1.165, 1.54) is 42.3 Å². The molecule has 1 aromatic heterocycles. The number of carbonyl (C=O) groups is 1. The molecular formula is C18H17N5O4S2.